The quantitative estimate of drug-likeness (QED) is 0.821. The van der Waals surface area contributed by atoms with E-state index in [2.05, 4.69) is 5.32 Å². The number of halogens is 1. The molecule has 0 bridgehead atoms. The van der Waals surface area contributed by atoms with Gasteiger partial charge in [-0.1, -0.05) is 12.1 Å². The van der Waals surface area contributed by atoms with Crippen LogP contribution >= 0.6 is 0 Å². The zero-order chi connectivity index (χ0) is 17.7. The summed E-state index contributed by atoms with van der Waals surface area (Å²) in [6.07, 6.45) is 0.910. The van der Waals surface area contributed by atoms with E-state index in [-0.39, 0.29) is 29.8 Å². The Morgan fingerprint density at radius 3 is 2.54 bits per heavy atom. The van der Waals surface area contributed by atoms with Gasteiger partial charge in [-0.05, 0) is 32.0 Å². The standard InChI is InChI=1S/C16H24FN3O3S/c1-18-9-12-19(2)16(21)13-7-10-20(11-8-13)24(22,23)15-6-4-3-5-14(15)17/h3-6,13,18H,7-12H2,1-2H3. The molecule has 0 atom stereocenters. The van der Waals surface area contributed by atoms with E-state index in [1.54, 1.807) is 11.9 Å². The van der Waals surface area contributed by atoms with Gasteiger partial charge >= 0.3 is 0 Å². The molecule has 0 saturated carbocycles. The van der Waals surface area contributed by atoms with Gasteiger partial charge in [0.05, 0.1) is 0 Å². The van der Waals surface area contributed by atoms with Crippen LogP contribution in [0.3, 0.4) is 0 Å². The summed E-state index contributed by atoms with van der Waals surface area (Å²) in [6.45, 7) is 1.78. The molecule has 1 aliphatic rings. The van der Waals surface area contributed by atoms with E-state index in [0.29, 0.717) is 25.9 Å². The number of hydrogen-bond donors (Lipinski definition) is 1. The number of benzene rings is 1. The number of carbonyl (C=O) groups is 1. The molecular formula is C16H24FN3O3S. The number of hydrogen-bond acceptors (Lipinski definition) is 4. The molecule has 1 aromatic carbocycles. The van der Waals surface area contributed by atoms with Crippen molar-refractivity contribution >= 4 is 15.9 Å². The van der Waals surface area contributed by atoms with Crippen molar-refractivity contribution < 1.29 is 17.6 Å². The maximum Gasteiger partial charge on any atom is 0.245 e. The number of nitrogens with zero attached hydrogens (tertiary/aromatic N) is 2. The van der Waals surface area contributed by atoms with Gasteiger partial charge in [0.25, 0.3) is 0 Å². The smallest absolute Gasteiger partial charge is 0.245 e. The average Bonchev–Trinajstić information content (AvgIpc) is 2.59. The van der Waals surface area contributed by atoms with Crippen LogP contribution in [0.2, 0.25) is 0 Å². The van der Waals surface area contributed by atoms with Crippen LogP contribution in [-0.2, 0) is 14.8 Å². The van der Waals surface area contributed by atoms with E-state index in [4.69, 9.17) is 0 Å². The molecule has 1 fully saturated rings. The Morgan fingerprint density at radius 2 is 1.96 bits per heavy atom. The molecule has 1 amide bonds. The second-order valence-corrected chi connectivity index (χ2v) is 7.88. The van der Waals surface area contributed by atoms with Gasteiger partial charge in [0.1, 0.15) is 10.7 Å². The van der Waals surface area contributed by atoms with Crippen LogP contribution < -0.4 is 5.32 Å². The van der Waals surface area contributed by atoms with Crippen molar-refractivity contribution in [3.63, 3.8) is 0 Å². The van der Waals surface area contributed by atoms with Crippen LogP contribution in [0.1, 0.15) is 12.8 Å². The molecule has 0 radical (unpaired) electrons. The molecule has 2 rings (SSSR count). The number of sulfonamides is 1. The number of piperidine rings is 1. The lowest BCUT2D eigenvalue weighted by Gasteiger charge is -2.32. The molecule has 1 aliphatic heterocycles. The monoisotopic (exact) mass is 357 g/mol. The molecule has 24 heavy (non-hydrogen) atoms. The highest BCUT2D eigenvalue weighted by atomic mass is 32.2. The van der Waals surface area contributed by atoms with Gasteiger partial charge in [0, 0.05) is 39.1 Å². The average molecular weight is 357 g/mol. The summed E-state index contributed by atoms with van der Waals surface area (Å²) in [5.41, 5.74) is 0. The third kappa shape index (κ3) is 4.12. The maximum absolute atomic E-state index is 13.8. The van der Waals surface area contributed by atoms with Crippen LogP contribution in [0.15, 0.2) is 29.2 Å². The molecule has 1 heterocycles. The number of nitrogens with one attached hydrogen (secondary N) is 1. The van der Waals surface area contributed by atoms with Crippen LogP contribution in [0.4, 0.5) is 4.39 Å². The van der Waals surface area contributed by atoms with E-state index in [9.17, 15) is 17.6 Å². The molecule has 8 heteroatoms. The predicted molar refractivity (Wildman–Crippen MR) is 89.4 cm³/mol. The lowest BCUT2D eigenvalue weighted by molar-refractivity contribution is -0.135. The fourth-order valence-corrected chi connectivity index (χ4v) is 4.37. The topological polar surface area (TPSA) is 69.7 Å². The molecule has 1 N–H and O–H groups in total. The second kappa shape index (κ2) is 8.04. The van der Waals surface area contributed by atoms with Crippen LogP contribution in [0.25, 0.3) is 0 Å². The number of amides is 1. The fraction of sp³-hybridized carbons (Fsp3) is 0.562. The predicted octanol–water partition coefficient (Wildman–Crippen LogP) is 0.904. The lowest BCUT2D eigenvalue weighted by atomic mass is 9.97. The van der Waals surface area contributed by atoms with Gasteiger partial charge in [-0.25, -0.2) is 12.8 Å². The Hall–Kier alpha value is -1.51. The first-order chi connectivity index (χ1) is 11.4. The van der Waals surface area contributed by atoms with Crippen molar-refractivity contribution in [2.75, 3.05) is 40.3 Å². The van der Waals surface area contributed by atoms with Gasteiger partial charge in [-0.3, -0.25) is 4.79 Å². The summed E-state index contributed by atoms with van der Waals surface area (Å²) >= 11 is 0. The van der Waals surface area contributed by atoms with Crippen LogP contribution in [0, 0.1) is 11.7 Å². The molecule has 134 valence electrons. The molecule has 6 nitrogen and oxygen atoms in total. The summed E-state index contributed by atoms with van der Waals surface area (Å²) in [6, 6.07) is 5.37. The van der Waals surface area contributed by atoms with Crippen LogP contribution in [-0.4, -0.2) is 63.8 Å². The molecule has 0 aliphatic carbocycles. The summed E-state index contributed by atoms with van der Waals surface area (Å²) in [7, 11) is -0.277. The summed E-state index contributed by atoms with van der Waals surface area (Å²) < 4.78 is 40.1. The molecule has 1 aromatic rings. The van der Waals surface area contributed by atoms with E-state index in [1.807, 2.05) is 7.05 Å². The molecule has 0 unspecified atom stereocenters. The summed E-state index contributed by atoms with van der Waals surface area (Å²) in [5, 5.41) is 2.99. The summed E-state index contributed by atoms with van der Waals surface area (Å²) in [4.78, 5) is 13.7. The van der Waals surface area contributed by atoms with Crippen LogP contribution in [0.5, 0.6) is 0 Å². The van der Waals surface area contributed by atoms with E-state index < -0.39 is 15.8 Å². The zero-order valence-corrected chi connectivity index (χ0v) is 14.9. The Bertz CT molecular complexity index is 673. The number of rotatable bonds is 6. The van der Waals surface area contributed by atoms with Crippen molar-refractivity contribution in [1.29, 1.82) is 0 Å². The minimum Gasteiger partial charge on any atom is -0.344 e. The van der Waals surface area contributed by atoms with Crippen molar-refractivity contribution in [3.8, 4) is 0 Å². The van der Waals surface area contributed by atoms with Crippen molar-refractivity contribution in [2.45, 2.75) is 17.7 Å². The van der Waals surface area contributed by atoms with Gasteiger partial charge in [0.2, 0.25) is 15.9 Å². The molecule has 0 aromatic heterocycles. The van der Waals surface area contributed by atoms with Crippen molar-refractivity contribution in [2.24, 2.45) is 5.92 Å². The Kier molecular flexibility index (Phi) is 6.31. The molecular weight excluding hydrogens is 333 g/mol. The fourth-order valence-electron chi connectivity index (χ4n) is 2.84. The van der Waals surface area contributed by atoms with E-state index >= 15 is 0 Å². The first-order valence-corrected chi connectivity index (χ1v) is 9.46. The highest BCUT2D eigenvalue weighted by Crippen LogP contribution is 2.26. The van der Waals surface area contributed by atoms with Crippen molar-refractivity contribution in [1.82, 2.24) is 14.5 Å². The minimum absolute atomic E-state index is 0.0354. The lowest BCUT2D eigenvalue weighted by Crippen LogP contribution is -2.44. The molecule has 1 saturated heterocycles. The number of carbonyl (C=O) groups excluding carboxylic acids is 1. The maximum atomic E-state index is 13.8. The zero-order valence-electron chi connectivity index (χ0n) is 14.0. The SMILES string of the molecule is CNCCN(C)C(=O)C1CCN(S(=O)(=O)c2ccccc2F)CC1. The first kappa shape index (κ1) is 18.8. The van der Waals surface area contributed by atoms with Crippen molar-refractivity contribution in [3.05, 3.63) is 30.1 Å². The van der Waals surface area contributed by atoms with Gasteiger partial charge < -0.3 is 10.2 Å². The van der Waals surface area contributed by atoms with Gasteiger partial charge in [-0.15, -0.1) is 0 Å². The van der Waals surface area contributed by atoms with E-state index in [1.165, 1.54) is 22.5 Å². The minimum atomic E-state index is -3.85. The Balaban J connectivity index is 2.00. The third-order valence-electron chi connectivity index (χ3n) is 4.33. The third-order valence-corrected chi connectivity index (χ3v) is 6.26. The van der Waals surface area contributed by atoms with Gasteiger partial charge in [-0.2, -0.15) is 4.31 Å². The van der Waals surface area contributed by atoms with Gasteiger partial charge in [0.15, 0.2) is 0 Å². The normalized spacial score (nSPS) is 17.0. The molecule has 0 spiro atoms. The second-order valence-electron chi connectivity index (χ2n) is 5.97. The highest BCUT2D eigenvalue weighted by molar-refractivity contribution is 7.89. The highest BCUT2D eigenvalue weighted by Gasteiger charge is 2.34. The number of likely N-dealkylation sites (N-methyl/N-ethyl adjacent to an activating group) is 2. The first-order valence-electron chi connectivity index (χ1n) is 8.02. The Labute approximate surface area is 142 Å². The van der Waals surface area contributed by atoms with E-state index in [0.717, 1.165) is 6.07 Å². The largest absolute Gasteiger partial charge is 0.344 e. The summed E-state index contributed by atoms with van der Waals surface area (Å²) in [5.74, 6) is -0.894. The Morgan fingerprint density at radius 1 is 1.33 bits per heavy atom.